The maximum atomic E-state index is 11.2. The first kappa shape index (κ1) is 17.5. The Kier molecular flexibility index (Phi) is 4.36. The van der Waals surface area contributed by atoms with E-state index in [0.29, 0.717) is 23.0 Å². The Labute approximate surface area is 161 Å². The number of nitrogens with zero attached hydrogens (tertiary/aromatic N) is 4. The van der Waals surface area contributed by atoms with Gasteiger partial charge in [0.25, 0.3) is 0 Å². The zero-order valence-corrected chi connectivity index (χ0v) is 15.8. The third-order valence-corrected chi connectivity index (χ3v) is 4.74. The third kappa shape index (κ3) is 3.28. The number of halogens is 1. The van der Waals surface area contributed by atoms with Crippen LogP contribution in [0.25, 0.3) is 21.9 Å². The first-order chi connectivity index (χ1) is 12.9. The van der Waals surface area contributed by atoms with Gasteiger partial charge in [-0.05, 0) is 41.8 Å². The fourth-order valence-electron chi connectivity index (χ4n) is 3.39. The number of aromatic carboxylic acids is 1. The van der Waals surface area contributed by atoms with E-state index in [1.165, 1.54) is 0 Å². The number of hydrogen-bond donors (Lipinski definition) is 1. The molecule has 27 heavy (non-hydrogen) atoms. The second-order valence-electron chi connectivity index (χ2n) is 7.10. The summed E-state index contributed by atoms with van der Waals surface area (Å²) in [6, 6.07) is 8.86. The van der Waals surface area contributed by atoms with Gasteiger partial charge in [-0.3, -0.25) is 4.68 Å². The molecule has 0 amide bonds. The highest BCUT2D eigenvalue weighted by atomic mass is 35.5. The molecule has 2 heterocycles. The van der Waals surface area contributed by atoms with Crippen molar-refractivity contribution in [1.29, 1.82) is 0 Å². The highest BCUT2D eigenvalue weighted by Crippen LogP contribution is 2.27. The van der Waals surface area contributed by atoms with Crippen molar-refractivity contribution in [2.45, 2.75) is 26.9 Å². The second kappa shape index (κ2) is 6.70. The number of hydrogen-bond acceptors (Lipinski definition) is 3. The number of benzene rings is 2. The monoisotopic (exact) mass is 382 g/mol. The first-order valence-corrected chi connectivity index (χ1v) is 9.12. The van der Waals surface area contributed by atoms with Crippen LogP contribution in [-0.4, -0.2) is 30.4 Å². The van der Waals surface area contributed by atoms with Crippen molar-refractivity contribution in [3.8, 4) is 0 Å². The van der Waals surface area contributed by atoms with Crippen LogP contribution in [0, 0.1) is 5.92 Å². The standard InChI is InChI=1S/C20H19ClN4O2/c1-12(2)9-25-19-14(8-23-25)5-16(21)6-15(19)10-24-11-22-17-7-13(20(26)27)3-4-18(17)24/h3-8,11-12H,9-10H2,1-2H3,(H,26,27). The fraction of sp³-hybridized carbons (Fsp3) is 0.250. The molecule has 0 saturated carbocycles. The SMILES string of the molecule is CC(C)Cn1ncc2cc(Cl)cc(Cn3cnc4cc(C(=O)O)ccc43)c21. The highest BCUT2D eigenvalue weighted by molar-refractivity contribution is 6.31. The normalized spacial score (nSPS) is 11.7. The maximum Gasteiger partial charge on any atom is 0.335 e. The van der Waals surface area contributed by atoms with Crippen LogP contribution in [0.5, 0.6) is 0 Å². The maximum absolute atomic E-state index is 11.2. The molecule has 0 fully saturated rings. The lowest BCUT2D eigenvalue weighted by Crippen LogP contribution is -2.08. The number of fused-ring (bicyclic) bond motifs is 2. The summed E-state index contributed by atoms with van der Waals surface area (Å²) in [6.45, 7) is 5.72. The molecular weight excluding hydrogens is 364 g/mol. The third-order valence-electron chi connectivity index (χ3n) is 4.52. The highest BCUT2D eigenvalue weighted by Gasteiger charge is 2.14. The van der Waals surface area contributed by atoms with Crippen LogP contribution >= 0.6 is 11.6 Å². The Bertz CT molecular complexity index is 1160. The van der Waals surface area contributed by atoms with Crippen molar-refractivity contribution in [2.75, 3.05) is 0 Å². The zero-order chi connectivity index (χ0) is 19.1. The van der Waals surface area contributed by atoms with Crippen molar-refractivity contribution in [1.82, 2.24) is 19.3 Å². The Balaban J connectivity index is 1.80. The number of carboxylic acid groups (broad SMARTS) is 1. The van der Waals surface area contributed by atoms with Crippen LogP contribution in [0.4, 0.5) is 0 Å². The number of carboxylic acids is 1. The van der Waals surface area contributed by atoms with Gasteiger partial charge in [-0.15, -0.1) is 0 Å². The molecule has 4 rings (SSSR count). The number of rotatable bonds is 5. The average Bonchev–Trinajstić information content (AvgIpc) is 3.18. The fourth-order valence-corrected chi connectivity index (χ4v) is 3.64. The number of carbonyl (C=O) groups is 1. The molecule has 6 nitrogen and oxygen atoms in total. The lowest BCUT2D eigenvalue weighted by atomic mass is 10.1. The van der Waals surface area contributed by atoms with E-state index in [0.717, 1.165) is 28.5 Å². The minimum atomic E-state index is -0.958. The summed E-state index contributed by atoms with van der Waals surface area (Å²) < 4.78 is 4.02. The van der Waals surface area contributed by atoms with Crippen LogP contribution in [0.2, 0.25) is 5.02 Å². The molecule has 0 bridgehead atoms. The van der Waals surface area contributed by atoms with Gasteiger partial charge in [0.15, 0.2) is 0 Å². The molecule has 0 saturated heterocycles. The average molecular weight is 383 g/mol. The molecular formula is C20H19ClN4O2. The molecule has 0 aliphatic heterocycles. The molecule has 0 atom stereocenters. The molecule has 138 valence electrons. The Morgan fingerprint density at radius 1 is 1.26 bits per heavy atom. The predicted molar refractivity (Wildman–Crippen MR) is 105 cm³/mol. The van der Waals surface area contributed by atoms with E-state index in [1.807, 2.05) is 27.6 Å². The van der Waals surface area contributed by atoms with Crippen LogP contribution in [0.1, 0.15) is 29.8 Å². The molecule has 7 heteroatoms. The van der Waals surface area contributed by atoms with Crippen LogP contribution in [0.15, 0.2) is 42.9 Å². The molecule has 4 aromatic rings. The van der Waals surface area contributed by atoms with E-state index < -0.39 is 5.97 Å². The van der Waals surface area contributed by atoms with Crippen molar-refractivity contribution >= 4 is 39.5 Å². The summed E-state index contributed by atoms with van der Waals surface area (Å²) in [6.07, 6.45) is 3.57. The van der Waals surface area contributed by atoms with Crippen molar-refractivity contribution < 1.29 is 9.90 Å². The van der Waals surface area contributed by atoms with Crippen LogP contribution in [0.3, 0.4) is 0 Å². The van der Waals surface area contributed by atoms with Gasteiger partial charge < -0.3 is 9.67 Å². The lowest BCUT2D eigenvalue weighted by molar-refractivity contribution is 0.0697. The van der Waals surface area contributed by atoms with Gasteiger partial charge in [0.1, 0.15) is 0 Å². The topological polar surface area (TPSA) is 72.9 Å². The quantitative estimate of drug-likeness (QED) is 0.553. The van der Waals surface area contributed by atoms with Crippen molar-refractivity contribution in [3.05, 3.63) is 59.0 Å². The molecule has 2 aromatic carbocycles. The van der Waals surface area contributed by atoms with E-state index in [9.17, 15) is 4.79 Å². The van der Waals surface area contributed by atoms with E-state index in [2.05, 4.69) is 23.9 Å². The zero-order valence-electron chi connectivity index (χ0n) is 15.1. The summed E-state index contributed by atoms with van der Waals surface area (Å²) in [5, 5.41) is 15.4. The summed E-state index contributed by atoms with van der Waals surface area (Å²) in [5.74, 6) is -0.485. The smallest absolute Gasteiger partial charge is 0.335 e. The molecule has 2 aromatic heterocycles. The second-order valence-corrected chi connectivity index (χ2v) is 7.54. The van der Waals surface area contributed by atoms with Gasteiger partial charge >= 0.3 is 5.97 Å². The number of aromatic nitrogens is 4. The Hall–Kier alpha value is -2.86. The van der Waals surface area contributed by atoms with Gasteiger partial charge in [0, 0.05) is 17.0 Å². The summed E-state index contributed by atoms with van der Waals surface area (Å²) in [7, 11) is 0. The lowest BCUT2D eigenvalue weighted by Gasteiger charge is -2.12. The Morgan fingerprint density at radius 3 is 2.81 bits per heavy atom. The Morgan fingerprint density at radius 2 is 2.07 bits per heavy atom. The van der Waals surface area contributed by atoms with Gasteiger partial charge in [-0.2, -0.15) is 5.10 Å². The first-order valence-electron chi connectivity index (χ1n) is 8.74. The van der Waals surface area contributed by atoms with Gasteiger partial charge in [0.05, 0.1) is 41.2 Å². The molecule has 0 aliphatic carbocycles. The largest absolute Gasteiger partial charge is 0.478 e. The van der Waals surface area contributed by atoms with E-state index in [1.54, 1.807) is 24.5 Å². The number of imidazole rings is 1. The van der Waals surface area contributed by atoms with Crippen LogP contribution < -0.4 is 0 Å². The van der Waals surface area contributed by atoms with E-state index in [-0.39, 0.29) is 5.56 Å². The van der Waals surface area contributed by atoms with Crippen molar-refractivity contribution in [2.24, 2.45) is 5.92 Å². The van der Waals surface area contributed by atoms with Crippen LogP contribution in [-0.2, 0) is 13.1 Å². The van der Waals surface area contributed by atoms with E-state index in [4.69, 9.17) is 16.7 Å². The summed E-state index contributed by atoms with van der Waals surface area (Å²) in [5.41, 5.74) is 3.88. The molecule has 0 unspecified atom stereocenters. The minimum Gasteiger partial charge on any atom is -0.478 e. The minimum absolute atomic E-state index is 0.230. The molecule has 0 spiro atoms. The van der Waals surface area contributed by atoms with Gasteiger partial charge in [-0.1, -0.05) is 25.4 Å². The molecule has 0 aliphatic rings. The van der Waals surface area contributed by atoms with Gasteiger partial charge in [0.2, 0.25) is 0 Å². The van der Waals surface area contributed by atoms with Crippen molar-refractivity contribution in [3.63, 3.8) is 0 Å². The summed E-state index contributed by atoms with van der Waals surface area (Å²) >= 11 is 6.33. The molecule has 0 radical (unpaired) electrons. The predicted octanol–water partition coefficient (Wildman–Crippen LogP) is 4.44. The molecule has 1 N–H and O–H groups in total. The van der Waals surface area contributed by atoms with Gasteiger partial charge in [-0.25, -0.2) is 9.78 Å². The summed E-state index contributed by atoms with van der Waals surface area (Å²) in [4.78, 5) is 15.5. The van der Waals surface area contributed by atoms with E-state index >= 15 is 0 Å².